The zero-order valence-corrected chi connectivity index (χ0v) is 12.7. The van der Waals surface area contributed by atoms with Crippen LogP contribution in [0.25, 0.3) is 10.8 Å². The Morgan fingerprint density at radius 3 is 2.85 bits per heavy atom. The van der Waals surface area contributed by atoms with Gasteiger partial charge in [-0.2, -0.15) is 0 Å². The van der Waals surface area contributed by atoms with Gasteiger partial charge in [0.05, 0.1) is 11.3 Å². The summed E-state index contributed by atoms with van der Waals surface area (Å²) in [5.74, 6) is 0.195. The van der Waals surface area contributed by atoms with Gasteiger partial charge in [-0.05, 0) is 28.8 Å². The summed E-state index contributed by atoms with van der Waals surface area (Å²) in [6, 6.07) is 2.05. The Kier molecular flexibility index (Phi) is 4.23. The Labute approximate surface area is 121 Å². The van der Waals surface area contributed by atoms with Crippen molar-refractivity contribution in [1.82, 2.24) is 10.2 Å². The molecular formula is C14H18N2O3S. The van der Waals surface area contributed by atoms with E-state index in [9.17, 15) is 4.79 Å². The standard InChI is InChI=1S/C14H18N2O3S/c1-4-9-5-6-20-12(9)13-16-15-10(19-13)7-14(2,3)8-11(17)18/h5-6H,4,7-8H2,1-3H3,(H,17,18). The van der Waals surface area contributed by atoms with E-state index < -0.39 is 11.4 Å². The highest BCUT2D eigenvalue weighted by molar-refractivity contribution is 7.13. The zero-order chi connectivity index (χ0) is 14.8. The van der Waals surface area contributed by atoms with Crippen molar-refractivity contribution in [3.8, 4) is 10.8 Å². The number of aliphatic carboxylic acids is 1. The maximum Gasteiger partial charge on any atom is 0.303 e. The van der Waals surface area contributed by atoms with Crippen LogP contribution in [0.15, 0.2) is 15.9 Å². The molecule has 0 amide bonds. The van der Waals surface area contributed by atoms with Crippen molar-refractivity contribution in [2.24, 2.45) is 5.41 Å². The molecule has 0 radical (unpaired) electrons. The molecule has 0 unspecified atom stereocenters. The topological polar surface area (TPSA) is 76.2 Å². The van der Waals surface area contributed by atoms with E-state index in [0.29, 0.717) is 18.2 Å². The maximum atomic E-state index is 10.8. The quantitative estimate of drug-likeness (QED) is 0.883. The summed E-state index contributed by atoms with van der Waals surface area (Å²) in [4.78, 5) is 11.8. The summed E-state index contributed by atoms with van der Waals surface area (Å²) >= 11 is 1.58. The second kappa shape index (κ2) is 5.75. The van der Waals surface area contributed by atoms with Crippen molar-refractivity contribution >= 4 is 17.3 Å². The van der Waals surface area contributed by atoms with Crippen molar-refractivity contribution in [3.63, 3.8) is 0 Å². The largest absolute Gasteiger partial charge is 0.481 e. The molecule has 6 heteroatoms. The third kappa shape index (κ3) is 3.45. The van der Waals surface area contributed by atoms with Gasteiger partial charge < -0.3 is 9.52 Å². The third-order valence-electron chi connectivity index (χ3n) is 3.05. The molecule has 0 fully saturated rings. The van der Waals surface area contributed by atoms with Crippen molar-refractivity contribution in [1.29, 1.82) is 0 Å². The number of hydrogen-bond acceptors (Lipinski definition) is 5. The predicted octanol–water partition coefficient (Wildman–Crippen LogP) is 3.40. The molecule has 0 aliphatic heterocycles. The molecule has 2 aromatic heterocycles. The summed E-state index contributed by atoms with van der Waals surface area (Å²) < 4.78 is 5.68. The van der Waals surface area contributed by atoms with Crippen LogP contribution in [0.3, 0.4) is 0 Å². The van der Waals surface area contributed by atoms with E-state index in [0.717, 1.165) is 11.3 Å². The van der Waals surface area contributed by atoms with Crippen LogP contribution >= 0.6 is 11.3 Å². The average Bonchev–Trinajstić information content (AvgIpc) is 2.93. The summed E-state index contributed by atoms with van der Waals surface area (Å²) in [5.41, 5.74) is 0.786. The van der Waals surface area contributed by atoms with E-state index in [2.05, 4.69) is 23.2 Å². The van der Waals surface area contributed by atoms with Gasteiger partial charge >= 0.3 is 5.97 Å². The van der Waals surface area contributed by atoms with Crippen LogP contribution in [0.2, 0.25) is 0 Å². The van der Waals surface area contributed by atoms with Crippen molar-refractivity contribution < 1.29 is 14.3 Å². The Bertz CT molecular complexity index is 601. The summed E-state index contributed by atoms with van der Waals surface area (Å²) in [7, 11) is 0. The molecule has 108 valence electrons. The molecular weight excluding hydrogens is 276 g/mol. The molecule has 0 saturated carbocycles. The lowest BCUT2D eigenvalue weighted by molar-refractivity contribution is -0.139. The van der Waals surface area contributed by atoms with Crippen LogP contribution in [-0.4, -0.2) is 21.3 Å². The Hall–Kier alpha value is -1.69. The van der Waals surface area contributed by atoms with Gasteiger partial charge in [-0.25, -0.2) is 0 Å². The van der Waals surface area contributed by atoms with E-state index in [4.69, 9.17) is 9.52 Å². The third-order valence-corrected chi connectivity index (χ3v) is 3.99. The van der Waals surface area contributed by atoms with Crippen molar-refractivity contribution in [2.45, 2.75) is 40.0 Å². The number of thiophene rings is 1. The van der Waals surface area contributed by atoms with Gasteiger partial charge in [0.25, 0.3) is 5.89 Å². The second-order valence-electron chi connectivity index (χ2n) is 5.54. The molecule has 0 bridgehead atoms. The number of aromatic nitrogens is 2. The fourth-order valence-corrected chi connectivity index (χ4v) is 3.02. The predicted molar refractivity (Wildman–Crippen MR) is 76.7 cm³/mol. The first-order valence-corrected chi connectivity index (χ1v) is 7.40. The normalized spacial score (nSPS) is 11.8. The van der Waals surface area contributed by atoms with Crippen LogP contribution in [0.1, 0.15) is 38.6 Å². The van der Waals surface area contributed by atoms with Crippen LogP contribution in [0.5, 0.6) is 0 Å². The molecule has 20 heavy (non-hydrogen) atoms. The molecule has 0 saturated heterocycles. The van der Waals surface area contributed by atoms with Crippen molar-refractivity contribution in [2.75, 3.05) is 0 Å². The number of aryl methyl sites for hydroxylation is 1. The minimum Gasteiger partial charge on any atom is -0.481 e. The molecule has 2 heterocycles. The number of carboxylic acids is 1. The first kappa shape index (κ1) is 14.7. The van der Waals surface area contributed by atoms with Gasteiger partial charge in [0.2, 0.25) is 5.89 Å². The van der Waals surface area contributed by atoms with Crippen LogP contribution < -0.4 is 0 Å². The molecule has 0 aliphatic rings. The monoisotopic (exact) mass is 294 g/mol. The number of carboxylic acid groups (broad SMARTS) is 1. The number of nitrogens with zero attached hydrogens (tertiary/aromatic N) is 2. The number of rotatable bonds is 6. The molecule has 0 aromatic carbocycles. The van der Waals surface area contributed by atoms with E-state index in [1.165, 1.54) is 5.56 Å². The fraction of sp³-hybridized carbons (Fsp3) is 0.500. The average molecular weight is 294 g/mol. The summed E-state index contributed by atoms with van der Waals surface area (Å²) in [5, 5.41) is 19.0. The number of carbonyl (C=O) groups is 1. The molecule has 0 spiro atoms. The van der Waals surface area contributed by atoms with E-state index in [1.807, 2.05) is 19.2 Å². The van der Waals surface area contributed by atoms with Gasteiger partial charge in [-0.3, -0.25) is 4.79 Å². The highest BCUT2D eigenvalue weighted by atomic mass is 32.1. The SMILES string of the molecule is CCc1ccsc1-c1nnc(CC(C)(C)CC(=O)O)o1. The second-order valence-corrected chi connectivity index (χ2v) is 6.46. The maximum absolute atomic E-state index is 10.8. The first-order valence-electron chi connectivity index (χ1n) is 6.52. The van der Waals surface area contributed by atoms with Crippen molar-refractivity contribution in [3.05, 3.63) is 22.9 Å². The summed E-state index contributed by atoms with van der Waals surface area (Å²) in [6.45, 7) is 5.85. The van der Waals surface area contributed by atoms with Crippen LogP contribution in [0, 0.1) is 5.41 Å². The molecule has 2 aromatic rings. The molecule has 2 rings (SSSR count). The zero-order valence-electron chi connectivity index (χ0n) is 11.8. The lowest BCUT2D eigenvalue weighted by Crippen LogP contribution is -2.19. The minimum absolute atomic E-state index is 0.0733. The highest BCUT2D eigenvalue weighted by Gasteiger charge is 2.25. The molecule has 5 nitrogen and oxygen atoms in total. The van der Waals surface area contributed by atoms with Gasteiger partial charge in [0.1, 0.15) is 0 Å². The highest BCUT2D eigenvalue weighted by Crippen LogP contribution is 2.31. The van der Waals surface area contributed by atoms with E-state index >= 15 is 0 Å². The van der Waals surface area contributed by atoms with Crippen LogP contribution in [-0.2, 0) is 17.6 Å². The molecule has 0 atom stereocenters. The van der Waals surface area contributed by atoms with E-state index in [1.54, 1.807) is 11.3 Å². The first-order chi connectivity index (χ1) is 9.41. The van der Waals surface area contributed by atoms with Gasteiger partial charge in [0.15, 0.2) is 0 Å². The van der Waals surface area contributed by atoms with Crippen LogP contribution in [0.4, 0.5) is 0 Å². The van der Waals surface area contributed by atoms with Gasteiger partial charge in [0, 0.05) is 6.42 Å². The van der Waals surface area contributed by atoms with Gasteiger partial charge in [-0.1, -0.05) is 20.8 Å². The van der Waals surface area contributed by atoms with Gasteiger partial charge in [-0.15, -0.1) is 21.5 Å². The minimum atomic E-state index is -0.818. The smallest absolute Gasteiger partial charge is 0.303 e. The Balaban J connectivity index is 2.15. The Morgan fingerprint density at radius 2 is 2.20 bits per heavy atom. The lowest BCUT2D eigenvalue weighted by atomic mass is 9.86. The molecule has 1 N–H and O–H groups in total. The lowest BCUT2D eigenvalue weighted by Gasteiger charge is -2.19. The number of hydrogen-bond donors (Lipinski definition) is 1. The van der Waals surface area contributed by atoms with E-state index in [-0.39, 0.29) is 6.42 Å². The fourth-order valence-electron chi connectivity index (χ4n) is 2.10. The molecule has 0 aliphatic carbocycles. The summed E-state index contributed by atoms with van der Waals surface area (Å²) in [6.07, 6.45) is 1.45. The Morgan fingerprint density at radius 1 is 1.45 bits per heavy atom.